The van der Waals surface area contributed by atoms with E-state index in [2.05, 4.69) is 5.32 Å². The third-order valence-corrected chi connectivity index (χ3v) is 5.94. The predicted octanol–water partition coefficient (Wildman–Crippen LogP) is 0.0872. The van der Waals surface area contributed by atoms with Crippen molar-refractivity contribution >= 4 is 30.0 Å². The minimum Gasteiger partial charge on any atom is -0.464 e. The van der Waals surface area contributed by atoms with Crippen molar-refractivity contribution in [3.63, 3.8) is 0 Å². The Bertz CT molecular complexity index is 1440. The van der Waals surface area contributed by atoms with E-state index in [1.807, 2.05) is 4.98 Å². The summed E-state index contributed by atoms with van der Waals surface area (Å²) in [6.45, 7) is 4.25. The Morgan fingerprint density at radius 1 is 0.930 bits per heavy atom. The average molecular weight is 606 g/mol. The number of H-pyrrole nitrogens is 1. The van der Waals surface area contributed by atoms with Gasteiger partial charge in [0.15, 0.2) is 30.6 Å². The average Bonchev–Trinajstić information content (AvgIpc) is 3.25. The summed E-state index contributed by atoms with van der Waals surface area (Å²) in [4.78, 5) is 88.8. The normalized spacial score (nSPS) is 20.7. The molecule has 1 aromatic carbocycles. The van der Waals surface area contributed by atoms with Gasteiger partial charge in [-0.05, 0) is 12.5 Å². The van der Waals surface area contributed by atoms with E-state index >= 15 is 0 Å². The van der Waals surface area contributed by atoms with E-state index in [-0.39, 0.29) is 13.2 Å². The SMILES string of the molecule is CCOC(=O)[C@H](NC(=O)OCc1ccccc1)[C@@H](OC(C)=O)[C@H]1O[C@@H](n2ccc(=O)[nH]c2=O)[C@H](OC(C)=O)[C@@H]1OC(C)=O. The number of esters is 4. The van der Waals surface area contributed by atoms with Gasteiger partial charge in [-0.25, -0.2) is 14.4 Å². The summed E-state index contributed by atoms with van der Waals surface area (Å²) < 4.78 is 33.3. The highest BCUT2D eigenvalue weighted by atomic mass is 16.7. The monoisotopic (exact) mass is 605 g/mol. The number of aromatic amines is 1. The molecular formula is C27H31N3O13. The van der Waals surface area contributed by atoms with Crippen molar-refractivity contribution in [2.75, 3.05) is 6.61 Å². The first kappa shape index (κ1) is 32.5. The highest BCUT2D eigenvalue weighted by molar-refractivity contribution is 5.82. The molecule has 16 heteroatoms. The molecule has 2 heterocycles. The van der Waals surface area contributed by atoms with Crippen LogP contribution in [0.5, 0.6) is 0 Å². The molecule has 1 amide bonds. The number of benzene rings is 1. The number of rotatable bonds is 11. The molecule has 0 unspecified atom stereocenters. The molecule has 0 aliphatic carbocycles. The molecule has 1 aromatic heterocycles. The Hall–Kier alpha value is -4.99. The molecule has 16 nitrogen and oxygen atoms in total. The van der Waals surface area contributed by atoms with Crippen molar-refractivity contribution in [3.05, 3.63) is 69.0 Å². The van der Waals surface area contributed by atoms with Crippen LogP contribution in [0.4, 0.5) is 4.79 Å². The van der Waals surface area contributed by atoms with Crippen LogP contribution in [-0.2, 0) is 54.2 Å². The zero-order valence-electron chi connectivity index (χ0n) is 23.7. The first-order chi connectivity index (χ1) is 20.4. The van der Waals surface area contributed by atoms with Gasteiger partial charge in [-0.15, -0.1) is 0 Å². The maximum Gasteiger partial charge on any atom is 0.408 e. The maximum atomic E-state index is 13.1. The minimum atomic E-state index is -1.81. The van der Waals surface area contributed by atoms with Gasteiger partial charge in [0.05, 0.1) is 6.61 Å². The number of alkyl carbamates (subject to hydrolysis) is 1. The Balaban J connectivity index is 2.06. The largest absolute Gasteiger partial charge is 0.464 e. The third-order valence-electron chi connectivity index (χ3n) is 5.94. The fraction of sp³-hybridized carbons (Fsp3) is 0.444. The van der Waals surface area contributed by atoms with Crippen LogP contribution in [0.15, 0.2) is 52.2 Å². The van der Waals surface area contributed by atoms with Crippen LogP contribution < -0.4 is 16.6 Å². The van der Waals surface area contributed by atoms with Crippen LogP contribution >= 0.6 is 0 Å². The highest BCUT2D eigenvalue weighted by Crippen LogP contribution is 2.36. The van der Waals surface area contributed by atoms with E-state index in [1.54, 1.807) is 30.3 Å². The molecule has 3 rings (SSSR count). The Morgan fingerprint density at radius 2 is 1.58 bits per heavy atom. The van der Waals surface area contributed by atoms with Gasteiger partial charge >= 0.3 is 35.7 Å². The summed E-state index contributed by atoms with van der Waals surface area (Å²) in [6.07, 6.45) is -8.22. The van der Waals surface area contributed by atoms with E-state index in [0.29, 0.717) is 5.56 Å². The lowest BCUT2D eigenvalue weighted by Gasteiger charge is -2.32. The van der Waals surface area contributed by atoms with Crippen molar-refractivity contribution in [1.29, 1.82) is 0 Å². The molecule has 0 saturated carbocycles. The van der Waals surface area contributed by atoms with E-state index in [0.717, 1.165) is 37.6 Å². The lowest BCUT2D eigenvalue weighted by molar-refractivity contribution is -0.176. The molecule has 1 aliphatic heterocycles. The van der Waals surface area contributed by atoms with Gasteiger partial charge in [0.1, 0.15) is 12.7 Å². The molecule has 43 heavy (non-hydrogen) atoms. The fourth-order valence-corrected chi connectivity index (χ4v) is 4.34. The van der Waals surface area contributed by atoms with Crippen LogP contribution in [0.3, 0.4) is 0 Å². The number of amides is 1. The summed E-state index contributed by atoms with van der Waals surface area (Å²) in [6, 6.07) is 7.79. The van der Waals surface area contributed by atoms with Gasteiger partial charge < -0.3 is 33.7 Å². The van der Waals surface area contributed by atoms with Crippen LogP contribution in [0, 0.1) is 0 Å². The van der Waals surface area contributed by atoms with E-state index < -0.39 is 77.9 Å². The summed E-state index contributed by atoms with van der Waals surface area (Å²) in [5.74, 6) is -3.79. The Labute approximate surface area is 244 Å². The van der Waals surface area contributed by atoms with Crippen molar-refractivity contribution in [1.82, 2.24) is 14.9 Å². The first-order valence-corrected chi connectivity index (χ1v) is 13.0. The molecule has 0 radical (unpaired) electrons. The molecule has 1 saturated heterocycles. The number of carbonyl (C=O) groups excluding carboxylic acids is 5. The minimum absolute atomic E-state index is 0.146. The van der Waals surface area contributed by atoms with E-state index in [4.69, 9.17) is 28.4 Å². The molecule has 2 N–H and O–H groups in total. The zero-order chi connectivity index (χ0) is 31.7. The van der Waals surface area contributed by atoms with Gasteiger partial charge in [-0.3, -0.25) is 28.7 Å². The second-order valence-electron chi connectivity index (χ2n) is 9.17. The van der Waals surface area contributed by atoms with Gasteiger partial charge in [0.2, 0.25) is 0 Å². The fourth-order valence-electron chi connectivity index (χ4n) is 4.34. The van der Waals surface area contributed by atoms with Gasteiger partial charge in [-0.2, -0.15) is 0 Å². The van der Waals surface area contributed by atoms with Crippen molar-refractivity contribution in [2.24, 2.45) is 0 Å². The Morgan fingerprint density at radius 3 is 2.16 bits per heavy atom. The highest BCUT2D eigenvalue weighted by Gasteiger charge is 2.57. The number of aromatic nitrogens is 2. The topological polar surface area (TPSA) is 208 Å². The number of nitrogens with zero attached hydrogens (tertiary/aromatic N) is 1. The maximum absolute atomic E-state index is 13.1. The van der Waals surface area contributed by atoms with Crippen LogP contribution in [0.1, 0.15) is 39.5 Å². The van der Waals surface area contributed by atoms with Crippen molar-refractivity contribution in [2.45, 2.75) is 71.0 Å². The number of nitrogens with one attached hydrogen (secondary N) is 2. The zero-order valence-corrected chi connectivity index (χ0v) is 23.7. The number of hydrogen-bond donors (Lipinski definition) is 2. The summed E-state index contributed by atoms with van der Waals surface area (Å²) in [7, 11) is 0. The molecule has 1 fully saturated rings. The molecular weight excluding hydrogens is 574 g/mol. The lowest BCUT2D eigenvalue weighted by atomic mass is 9.98. The molecule has 2 aromatic rings. The molecule has 1 aliphatic rings. The smallest absolute Gasteiger partial charge is 0.408 e. The van der Waals surface area contributed by atoms with Gasteiger partial charge in [-0.1, -0.05) is 30.3 Å². The van der Waals surface area contributed by atoms with Crippen molar-refractivity contribution in [3.8, 4) is 0 Å². The molecule has 0 spiro atoms. The van der Waals surface area contributed by atoms with Crippen molar-refractivity contribution < 1.29 is 52.4 Å². The van der Waals surface area contributed by atoms with E-state index in [9.17, 15) is 33.6 Å². The number of carbonyl (C=O) groups is 5. The number of ether oxygens (including phenoxy) is 6. The van der Waals surface area contributed by atoms with Crippen LogP contribution in [0.25, 0.3) is 0 Å². The molecule has 6 atom stereocenters. The second kappa shape index (κ2) is 14.8. The number of hydrogen-bond acceptors (Lipinski definition) is 13. The molecule has 232 valence electrons. The first-order valence-electron chi connectivity index (χ1n) is 13.0. The predicted molar refractivity (Wildman–Crippen MR) is 142 cm³/mol. The van der Waals surface area contributed by atoms with E-state index in [1.165, 1.54) is 6.92 Å². The van der Waals surface area contributed by atoms with Crippen LogP contribution in [0.2, 0.25) is 0 Å². The quantitative estimate of drug-likeness (QED) is 0.257. The van der Waals surface area contributed by atoms with Crippen LogP contribution in [-0.4, -0.2) is 76.6 Å². The summed E-state index contributed by atoms with van der Waals surface area (Å²) in [5, 5.41) is 2.30. The summed E-state index contributed by atoms with van der Waals surface area (Å²) in [5.41, 5.74) is -1.09. The third kappa shape index (κ3) is 8.75. The summed E-state index contributed by atoms with van der Waals surface area (Å²) >= 11 is 0. The Kier molecular flexibility index (Phi) is 11.2. The molecule has 0 bridgehead atoms. The second-order valence-corrected chi connectivity index (χ2v) is 9.17. The van der Waals surface area contributed by atoms with Gasteiger partial charge in [0.25, 0.3) is 5.56 Å². The lowest BCUT2D eigenvalue weighted by Crippen LogP contribution is -2.58. The van der Waals surface area contributed by atoms with Gasteiger partial charge in [0, 0.05) is 33.0 Å². The standard InChI is InChI=1S/C27H31N3O13/c1-5-38-25(35)19(29-27(37)39-13-17-9-7-6-8-10-17)20(40-14(2)31)21-22(41-15(3)32)23(42-16(4)33)24(43-21)30-12-11-18(34)28-26(30)36/h6-12,19-24H,5,13H2,1-4H3,(H,29,37)(H,28,34,36)/t19-,20-,21-,22-,23-,24-/m1/s1.